The summed E-state index contributed by atoms with van der Waals surface area (Å²) < 4.78 is 1.49. The molecule has 8 aliphatic rings. The van der Waals surface area contributed by atoms with Crippen molar-refractivity contribution in [3.8, 4) is 0 Å². The highest BCUT2D eigenvalue weighted by Crippen LogP contribution is 2.56. The Morgan fingerprint density at radius 3 is 2.21 bits per heavy atom. The lowest BCUT2D eigenvalue weighted by atomic mass is 9.70. The molecule has 3 heterocycles. The average Bonchev–Trinajstić information content (AvgIpc) is 3.98. The Kier molecular flexibility index (Phi) is 11.4. The summed E-state index contributed by atoms with van der Waals surface area (Å²) in [4.78, 5) is 4.20. The summed E-state index contributed by atoms with van der Waals surface area (Å²) >= 11 is 2.08. The molecule has 0 saturated carbocycles. The van der Waals surface area contributed by atoms with Crippen LogP contribution in [0.1, 0.15) is 145 Å². The van der Waals surface area contributed by atoms with Gasteiger partial charge in [-0.2, -0.15) is 0 Å². The van der Waals surface area contributed by atoms with Gasteiger partial charge >= 0.3 is 0 Å². The Labute approximate surface area is 407 Å². The zero-order chi connectivity index (χ0) is 45.0. The second kappa shape index (κ2) is 18.3. The number of allylic oxidation sites excluding steroid dienone is 15. The number of nitrogens with one attached hydrogen (secondary N) is 3. The molecule has 13 rings (SSSR count). The number of hydrogen-bond donors (Lipinski definition) is 3. The highest BCUT2D eigenvalue weighted by atomic mass is 32.1. The fraction of sp³-hybridized carbons (Fsp3) is 0.302. The van der Waals surface area contributed by atoms with Gasteiger partial charge in [0.05, 0.1) is 24.5 Å². The van der Waals surface area contributed by atoms with Crippen LogP contribution in [0.3, 0.4) is 0 Å². The third-order valence-electron chi connectivity index (χ3n) is 16.3. The van der Waals surface area contributed by atoms with E-state index in [1.54, 1.807) is 16.7 Å². The molecule has 2 aliphatic heterocycles. The molecule has 4 nitrogen and oxygen atoms in total. The Bertz CT molecular complexity index is 3000. The lowest BCUT2D eigenvalue weighted by Crippen LogP contribution is -2.54. The summed E-state index contributed by atoms with van der Waals surface area (Å²) in [5.41, 5.74) is 18.7. The van der Waals surface area contributed by atoms with Crippen molar-refractivity contribution in [3.63, 3.8) is 0 Å². The first-order valence-electron chi connectivity index (χ1n) is 25.8. The molecular formula is C63H62N4S. The molecule has 1 saturated heterocycles. The molecule has 5 heteroatoms. The first-order valence-corrected chi connectivity index (χ1v) is 26.6. The standard InChI is InChI=1S/C63H62N4S/c1-6-19-41(20-7-1)48-35-33-45(39-53(48)42-21-8-2-9-22-42)46-34-36-49(54(40-46)63-65-61(43-23-10-3-11-24-43)64-62(66-63)44-25-12-4-13-26-44)50-30-18-32-57-58(50)52-37-38-56-59(60(52)68-57)51-29-16-17-31-55(51)67(56)47-27-14-5-15-28-47/h3-5,8,10-17,19,21-27,30-31,34-38,40,45,47,51,53,61-66H,1-2,6-7,9,18,20,28-29,32-33,39H2/t45?,47?,51?,53?,61-,62?,63?/m0/s1. The quantitative estimate of drug-likeness (QED) is 0.145. The number of anilines is 1. The van der Waals surface area contributed by atoms with E-state index in [0.717, 1.165) is 51.4 Å². The van der Waals surface area contributed by atoms with Gasteiger partial charge in [0.1, 0.15) is 0 Å². The van der Waals surface area contributed by atoms with Gasteiger partial charge in [0, 0.05) is 49.3 Å². The number of hydrogen-bond acceptors (Lipinski definition) is 5. The SMILES string of the molecule is C1=CCC2C(=C1)N(C1C=CC=CC1)c1ccc3c4c(sc3c12)CCC=C4c1ccc(C2CC=C(C3=CCCCC3)C(C3=CCCC=C3)C2)cc1C1NC(c2ccccc2)N[C@H](c2ccccc2)N1. The van der Waals surface area contributed by atoms with E-state index in [4.69, 9.17) is 0 Å². The van der Waals surface area contributed by atoms with Gasteiger partial charge in [-0.25, -0.2) is 0 Å². The molecular weight excluding hydrogens is 845 g/mol. The van der Waals surface area contributed by atoms with Crippen LogP contribution in [0.5, 0.6) is 0 Å². The minimum absolute atomic E-state index is 0.0489. The van der Waals surface area contributed by atoms with Crippen LogP contribution in [0.4, 0.5) is 5.69 Å². The van der Waals surface area contributed by atoms with E-state index in [-0.39, 0.29) is 18.5 Å². The molecule has 0 amide bonds. The van der Waals surface area contributed by atoms with Gasteiger partial charge < -0.3 is 4.90 Å². The van der Waals surface area contributed by atoms with Crippen LogP contribution in [-0.2, 0) is 6.42 Å². The maximum Gasteiger partial charge on any atom is 0.0870 e. The van der Waals surface area contributed by atoms with Gasteiger partial charge in [0.2, 0.25) is 0 Å². The van der Waals surface area contributed by atoms with E-state index in [2.05, 4.69) is 202 Å². The first kappa shape index (κ1) is 42.3. The van der Waals surface area contributed by atoms with E-state index in [1.165, 1.54) is 96.6 Å². The van der Waals surface area contributed by atoms with E-state index in [0.29, 0.717) is 23.8 Å². The van der Waals surface area contributed by atoms with Gasteiger partial charge in [-0.15, -0.1) is 11.3 Å². The maximum absolute atomic E-state index is 4.15. The Morgan fingerprint density at radius 2 is 1.44 bits per heavy atom. The van der Waals surface area contributed by atoms with Crippen molar-refractivity contribution in [3.05, 3.63) is 236 Å². The second-order valence-corrected chi connectivity index (χ2v) is 21.3. The van der Waals surface area contributed by atoms with Gasteiger partial charge in [0.25, 0.3) is 0 Å². The normalized spacial score (nSPS) is 27.4. The van der Waals surface area contributed by atoms with Crippen LogP contribution in [-0.4, -0.2) is 6.04 Å². The Morgan fingerprint density at radius 1 is 0.618 bits per heavy atom. The maximum atomic E-state index is 4.15. The molecule has 6 aliphatic carbocycles. The van der Waals surface area contributed by atoms with E-state index < -0.39 is 0 Å². The van der Waals surface area contributed by atoms with Crippen molar-refractivity contribution >= 4 is 32.7 Å². The third kappa shape index (κ3) is 7.63. The smallest absolute Gasteiger partial charge is 0.0870 e. The number of fused-ring (bicyclic) bond motifs is 7. The van der Waals surface area contributed by atoms with Crippen LogP contribution in [0, 0.1) is 5.92 Å². The molecule has 7 atom stereocenters. The van der Waals surface area contributed by atoms with Crippen molar-refractivity contribution < 1.29 is 0 Å². The van der Waals surface area contributed by atoms with Crippen molar-refractivity contribution in [2.45, 2.75) is 113 Å². The molecule has 0 spiro atoms. The molecule has 4 aromatic carbocycles. The van der Waals surface area contributed by atoms with Crippen molar-refractivity contribution in [1.29, 1.82) is 0 Å². The van der Waals surface area contributed by atoms with Crippen molar-refractivity contribution in [2.75, 3.05) is 4.90 Å². The fourth-order valence-electron chi connectivity index (χ4n) is 13.0. The number of benzene rings is 4. The zero-order valence-electron chi connectivity index (χ0n) is 39.0. The van der Waals surface area contributed by atoms with Crippen LogP contribution < -0.4 is 20.9 Å². The number of rotatable bonds is 8. The topological polar surface area (TPSA) is 39.3 Å². The molecule has 1 aromatic heterocycles. The molecule has 1 fully saturated rings. The zero-order valence-corrected chi connectivity index (χ0v) is 39.9. The highest BCUT2D eigenvalue weighted by molar-refractivity contribution is 7.19. The van der Waals surface area contributed by atoms with E-state index >= 15 is 0 Å². The summed E-state index contributed by atoms with van der Waals surface area (Å²) in [5, 5.41) is 13.7. The van der Waals surface area contributed by atoms with Crippen molar-refractivity contribution in [1.82, 2.24) is 16.0 Å². The third-order valence-corrected chi connectivity index (χ3v) is 17.6. The summed E-state index contributed by atoms with van der Waals surface area (Å²) in [5.74, 6) is 1.26. The predicted molar refractivity (Wildman–Crippen MR) is 284 cm³/mol. The minimum Gasteiger partial charge on any atom is -0.337 e. The van der Waals surface area contributed by atoms with E-state index in [9.17, 15) is 0 Å². The second-order valence-electron chi connectivity index (χ2n) is 20.2. The first-order chi connectivity index (χ1) is 33.7. The molecule has 0 bridgehead atoms. The highest BCUT2D eigenvalue weighted by Gasteiger charge is 2.40. The van der Waals surface area contributed by atoms with E-state index in [1.807, 2.05) is 0 Å². The predicted octanol–water partition coefficient (Wildman–Crippen LogP) is 15.3. The number of nitrogens with zero attached hydrogens (tertiary/aromatic N) is 1. The fourth-order valence-corrected chi connectivity index (χ4v) is 14.4. The molecule has 0 radical (unpaired) electrons. The number of thiophene rings is 1. The number of aryl methyl sites for hydroxylation is 1. The molecule has 3 N–H and O–H groups in total. The van der Waals surface area contributed by atoms with Gasteiger partial charge in [0.15, 0.2) is 0 Å². The largest absolute Gasteiger partial charge is 0.337 e. The molecule has 5 aromatic rings. The van der Waals surface area contributed by atoms with Crippen LogP contribution in [0.15, 0.2) is 192 Å². The van der Waals surface area contributed by atoms with Gasteiger partial charge in [-0.1, -0.05) is 158 Å². The van der Waals surface area contributed by atoms with Crippen molar-refractivity contribution in [2.24, 2.45) is 5.92 Å². The van der Waals surface area contributed by atoms with Crippen LogP contribution in [0.2, 0.25) is 0 Å². The minimum atomic E-state index is -0.114. The Hall–Kier alpha value is -5.82. The Balaban J connectivity index is 0.943. The van der Waals surface area contributed by atoms with Crippen LogP contribution >= 0.6 is 11.3 Å². The summed E-state index contributed by atoms with van der Waals surface area (Å²) in [6.07, 6.45) is 45.1. The summed E-state index contributed by atoms with van der Waals surface area (Å²) in [6.45, 7) is 0. The molecule has 340 valence electrons. The average molecular weight is 907 g/mol. The van der Waals surface area contributed by atoms with Gasteiger partial charge in [-0.3, -0.25) is 16.0 Å². The monoisotopic (exact) mass is 906 g/mol. The lowest BCUT2D eigenvalue weighted by Gasteiger charge is -2.41. The molecule has 68 heavy (non-hydrogen) atoms. The summed E-state index contributed by atoms with van der Waals surface area (Å²) in [6, 6.07) is 34.9. The molecule has 6 unspecified atom stereocenters. The van der Waals surface area contributed by atoms with Gasteiger partial charge in [-0.05, 0) is 145 Å². The summed E-state index contributed by atoms with van der Waals surface area (Å²) in [7, 11) is 0. The lowest BCUT2D eigenvalue weighted by molar-refractivity contribution is 0.203. The van der Waals surface area contributed by atoms with Crippen LogP contribution in [0.25, 0.3) is 15.7 Å².